The fraction of sp³-hybridized carbons (Fsp3) is 0.600. The topological polar surface area (TPSA) is 47.3 Å². The quantitative estimate of drug-likeness (QED) is 0.621. The number of nitrogens with two attached hydrogens (primary N) is 1. The second-order valence-electron chi connectivity index (χ2n) is 5.26. The Bertz CT molecular complexity index is 386. The molecule has 1 aliphatic carbocycles. The van der Waals surface area contributed by atoms with Crippen LogP contribution in [0.5, 0.6) is 5.75 Å². The summed E-state index contributed by atoms with van der Waals surface area (Å²) in [5.41, 5.74) is 4.51. The minimum Gasteiger partial charge on any atom is -0.496 e. The van der Waals surface area contributed by atoms with E-state index in [4.69, 9.17) is 10.6 Å². The molecule has 1 aliphatic rings. The van der Waals surface area contributed by atoms with Crippen molar-refractivity contribution in [2.45, 2.75) is 45.1 Å². The molecule has 100 valence electrons. The zero-order valence-corrected chi connectivity index (χ0v) is 11.4. The van der Waals surface area contributed by atoms with Crippen LogP contribution in [0.15, 0.2) is 24.3 Å². The van der Waals surface area contributed by atoms with Crippen LogP contribution >= 0.6 is 0 Å². The SMILES string of the molecule is CCC1(C(NN)c2ccccc2OC)CCCC1. The lowest BCUT2D eigenvalue weighted by atomic mass is 9.73. The van der Waals surface area contributed by atoms with Gasteiger partial charge in [-0.2, -0.15) is 0 Å². The van der Waals surface area contributed by atoms with Gasteiger partial charge in [0, 0.05) is 5.56 Å². The molecule has 18 heavy (non-hydrogen) atoms. The number of rotatable bonds is 5. The lowest BCUT2D eigenvalue weighted by Gasteiger charge is -2.37. The summed E-state index contributed by atoms with van der Waals surface area (Å²) in [6.07, 6.45) is 6.26. The standard InChI is InChI=1S/C15H24N2O/c1-3-15(10-6-7-11-15)14(17-16)12-8-4-5-9-13(12)18-2/h4-5,8-9,14,17H,3,6-7,10-11,16H2,1-2H3. The second kappa shape index (κ2) is 5.72. The van der Waals surface area contributed by atoms with Gasteiger partial charge in [0.25, 0.3) is 0 Å². The van der Waals surface area contributed by atoms with Gasteiger partial charge in [-0.25, -0.2) is 0 Å². The van der Waals surface area contributed by atoms with E-state index in [0.717, 1.165) is 12.2 Å². The van der Waals surface area contributed by atoms with Crippen LogP contribution in [0.1, 0.15) is 50.6 Å². The van der Waals surface area contributed by atoms with E-state index in [1.807, 2.05) is 12.1 Å². The Balaban J connectivity index is 2.38. The first-order valence-electron chi connectivity index (χ1n) is 6.86. The van der Waals surface area contributed by atoms with Crippen molar-refractivity contribution < 1.29 is 4.74 Å². The maximum Gasteiger partial charge on any atom is 0.123 e. The molecule has 1 aromatic carbocycles. The molecule has 1 aromatic rings. The molecule has 3 heteroatoms. The fourth-order valence-corrected chi connectivity index (χ4v) is 3.43. The van der Waals surface area contributed by atoms with Gasteiger partial charge in [0.2, 0.25) is 0 Å². The maximum atomic E-state index is 5.86. The minimum atomic E-state index is 0.182. The van der Waals surface area contributed by atoms with Crippen molar-refractivity contribution in [2.24, 2.45) is 11.3 Å². The Morgan fingerprint density at radius 2 is 2.00 bits per heavy atom. The highest BCUT2D eigenvalue weighted by Gasteiger charge is 2.41. The molecule has 0 aromatic heterocycles. The molecular weight excluding hydrogens is 224 g/mol. The first-order valence-corrected chi connectivity index (χ1v) is 6.86. The van der Waals surface area contributed by atoms with Crippen molar-refractivity contribution >= 4 is 0 Å². The molecular formula is C15H24N2O. The molecule has 0 spiro atoms. The van der Waals surface area contributed by atoms with Crippen LogP contribution in [0, 0.1) is 5.41 Å². The highest BCUT2D eigenvalue weighted by molar-refractivity contribution is 5.37. The van der Waals surface area contributed by atoms with E-state index in [9.17, 15) is 0 Å². The Morgan fingerprint density at radius 3 is 2.56 bits per heavy atom. The number of benzene rings is 1. The Labute approximate surface area is 110 Å². The summed E-state index contributed by atoms with van der Waals surface area (Å²) >= 11 is 0. The zero-order chi connectivity index (χ0) is 13.0. The van der Waals surface area contributed by atoms with Crippen molar-refractivity contribution in [3.8, 4) is 5.75 Å². The lowest BCUT2D eigenvalue weighted by Crippen LogP contribution is -2.40. The van der Waals surface area contributed by atoms with Crippen LogP contribution in [0.2, 0.25) is 0 Å². The third-order valence-electron chi connectivity index (χ3n) is 4.53. The molecule has 2 rings (SSSR count). The molecule has 0 radical (unpaired) electrons. The van der Waals surface area contributed by atoms with Gasteiger partial charge in [-0.05, 0) is 30.7 Å². The smallest absolute Gasteiger partial charge is 0.123 e. The zero-order valence-electron chi connectivity index (χ0n) is 11.4. The van der Waals surface area contributed by atoms with Crippen LogP contribution in [0.25, 0.3) is 0 Å². The molecule has 1 fully saturated rings. The molecule has 0 amide bonds. The van der Waals surface area contributed by atoms with Gasteiger partial charge < -0.3 is 4.74 Å². The van der Waals surface area contributed by atoms with Crippen molar-refractivity contribution in [1.29, 1.82) is 0 Å². The monoisotopic (exact) mass is 248 g/mol. The molecule has 0 bridgehead atoms. The van der Waals surface area contributed by atoms with Crippen molar-refractivity contribution in [1.82, 2.24) is 5.43 Å². The van der Waals surface area contributed by atoms with E-state index in [1.54, 1.807) is 7.11 Å². The number of para-hydroxylation sites is 1. The van der Waals surface area contributed by atoms with Crippen LogP contribution in [0.4, 0.5) is 0 Å². The van der Waals surface area contributed by atoms with Gasteiger partial charge >= 0.3 is 0 Å². The molecule has 3 nitrogen and oxygen atoms in total. The summed E-state index contributed by atoms with van der Waals surface area (Å²) in [7, 11) is 1.72. The Morgan fingerprint density at radius 1 is 1.33 bits per heavy atom. The van der Waals surface area contributed by atoms with Gasteiger partial charge in [-0.3, -0.25) is 11.3 Å². The highest BCUT2D eigenvalue weighted by atomic mass is 16.5. The molecule has 0 saturated heterocycles. The van der Waals surface area contributed by atoms with Crippen molar-refractivity contribution in [3.63, 3.8) is 0 Å². The first kappa shape index (κ1) is 13.4. The van der Waals surface area contributed by atoms with Gasteiger partial charge in [-0.1, -0.05) is 38.0 Å². The first-order chi connectivity index (χ1) is 8.77. The van der Waals surface area contributed by atoms with E-state index in [2.05, 4.69) is 24.5 Å². The third-order valence-corrected chi connectivity index (χ3v) is 4.53. The van der Waals surface area contributed by atoms with Gasteiger partial charge in [0.1, 0.15) is 5.75 Å². The van der Waals surface area contributed by atoms with E-state index in [-0.39, 0.29) is 11.5 Å². The molecule has 1 saturated carbocycles. The van der Waals surface area contributed by atoms with E-state index < -0.39 is 0 Å². The van der Waals surface area contributed by atoms with Crippen LogP contribution < -0.4 is 16.0 Å². The summed E-state index contributed by atoms with van der Waals surface area (Å²) in [4.78, 5) is 0. The molecule has 0 aliphatic heterocycles. The third kappa shape index (κ3) is 2.25. The predicted molar refractivity (Wildman–Crippen MR) is 74.3 cm³/mol. The lowest BCUT2D eigenvalue weighted by molar-refractivity contribution is 0.184. The predicted octanol–water partition coefficient (Wildman–Crippen LogP) is 3.17. The van der Waals surface area contributed by atoms with Crippen LogP contribution in [-0.4, -0.2) is 7.11 Å². The summed E-state index contributed by atoms with van der Waals surface area (Å²) in [5.74, 6) is 6.79. The number of ether oxygens (including phenoxy) is 1. The van der Waals surface area contributed by atoms with Gasteiger partial charge in [0.05, 0.1) is 13.2 Å². The summed E-state index contributed by atoms with van der Waals surface area (Å²) in [6, 6.07) is 8.38. The Hall–Kier alpha value is -1.06. The number of hydrogen-bond donors (Lipinski definition) is 2. The summed E-state index contributed by atoms with van der Waals surface area (Å²) < 4.78 is 5.48. The summed E-state index contributed by atoms with van der Waals surface area (Å²) in [5, 5.41) is 0. The fourth-order valence-electron chi connectivity index (χ4n) is 3.43. The molecule has 1 atom stereocenters. The molecule has 3 N–H and O–H groups in total. The van der Waals surface area contributed by atoms with E-state index in [1.165, 1.54) is 31.2 Å². The van der Waals surface area contributed by atoms with Crippen molar-refractivity contribution in [3.05, 3.63) is 29.8 Å². The van der Waals surface area contributed by atoms with Crippen LogP contribution in [-0.2, 0) is 0 Å². The number of hydrazine groups is 1. The normalized spacial score (nSPS) is 19.7. The van der Waals surface area contributed by atoms with Gasteiger partial charge in [0.15, 0.2) is 0 Å². The average molecular weight is 248 g/mol. The Kier molecular flexibility index (Phi) is 4.25. The summed E-state index contributed by atoms with van der Waals surface area (Å²) in [6.45, 7) is 2.27. The molecule has 1 unspecified atom stereocenters. The van der Waals surface area contributed by atoms with Crippen molar-refractivity contribution in [2.75, 3.05) is 7.11 Å². The average Bonchev–Trinajstić information content (AvgIpc) is 2.90. The number of hydrogen-bond acceptors (Lipinski definition) is 3. The van der Waals surface area contributed by atoms with Crippen LogP contribution in [0.3, 0.4) is 0 Å². The van der Waals surface area contributed by atoms with E-state index in [0.29, 0.717) is 0 Å². The maximum absolute atomic E-state index is 5.86. The largest absolute Gasteiger partial charge is 0.496 e. The molecule has 0 heterocycles. The number of nitrogens with one attached hydrogen (secondary N) is 1. The van der Waals surface area contributed by atoms with Gasteiger partial charge in [-0.15, -0.1) is 0 Å². The highest BCUT2D eigenvalue weighted by Crippen LogP contribution is 2.51. The van der Waals surface area contributed by atoms with E-state index >= 15 is 0 Å². The second-order valence-corrected chi connectivity index (χ2v) is 5.26. The number of methoxy groups -OCH3 is 1. The minimum absolute atomic E-state index is 0.182.